The number of phenols is 1. The zero-order valence-electron chi connectivity index (χ0n) is 15.6. The van der Waals surface area contributed by atoms with Crippen molar-refractivity contribution in [2.45, 2.75) is 25.6 Å². The van der Waals surface area contributed by atoms with Crippen molar-refractivity contribution < 1.29 is 27.6 Å². The quantitative estimate of drug-likeness (QED) is 0.599. The van der Waals surface area contributed by atoms with Crippen LogP contribution in [-0.4, -0.2) is 18.2 Å². The lowest BCUT2D eigenvalue weighted by Crippen LogP contribution is -3.08. The van der Waals surface area contributed by atoms with Gasteiger partial charge in [-0.3, -0.25) is 4.79 Å². The Balaban J connectivity index is 2.03. The van der Waals surface area contributed by atoms with Crippen LogP contribution in [0, 0.1) is 0 Å². The van der Waals surface area contributed by atoms with E-state index in [-0.39, 0.29) is 44.4 Å². The van der Waals surface area contributed by atoms with Gasteiger partial charge < -0.3 is 14.4 Å². The number of fused-ring (bicyclic) bond motifs is 1. The topological polar surface area (TPSA) is 54.9 Å². The monoisotopic (exact) mass is 458 g/mol. The number of hydrogen-bond donors (Lipinski definition) is 2. The fourth-order valence-corrected chi connectivity index (χ4v) is 4.42. The number of quaternary nitrogens is 1. The Morgan fingerprint density at radius 2 is 1.80 bits per heavy atom. The van der Waals surface area contributed by atoms with Crippen LogP contribution in [0.1, 0.15) is 24.2 Å². The number of likely N-dealkylation sites (tertiary alicyclic amines) is 1. The maximum absolute atomic E-state index is 13.9. The first-order valence-electron chi connectivity index (χ1n) is 9.34. The summed E-state index contributed by atoms with van der Waals surface area (Å²) < 4.78 is 47.1. The van der Waals surface area contributed by atoms with Gasteiger partial charge in [-0.15, -0.1) is 0 Å². The van der Waals surface area contributed by atoms with E-state index in [2.05, 4.69) is 0 Å². The molecule has 0 saturated carbocycles. The Labute approximate surface area is 179 Å². The van der Waals surface area contributed by atoms with Gasteiger partial charge in [0.2, 0.25) is 11.2 Å². The minimum atomic E-state index is -4.95. The molecule has 158 valence electrons. The first-order chi connectivity index (χ1) is 14.2. The van der Waals surface area contributed by atoms with Gasteiger partial charge in [-0.1, -0.05) is 29.3 Å². The average molecular weight is 459 g/mol. The third-order valence-corrected chi connectivity index (χ3v) is 5.88. The molecule has 0 bridgehead atoms. The maximum atomic E-state index is 13.9. The molecule has 2 N–H and O–H groups in total. The van der Waals surface area contributed by atoms with Crippen molar-refractivity contribution in [3.05, 3.63) is 61.9 Å². The molecule has 3 aromatic rings. The molecular formula is C21H17Cl2F3NO3+. The van der Waals surface area contributed by atoms with Gasteiger partial charge in [-0.2, -0.15) is 13.2 Å². The largest absolute Gasteiger partial charge is 0.507 e. The second-order valence-electron chi connectivity index (χ2n) is 7.33. The van der Waals surface area contributed by atoms with Gasteiger partial charge in [-0.25, -0.2) is 0 Å². The van der Waals surface area contributed by atoms with Gasteiger partial charge in [0.1, 0.15) is 12.3 Å². The highest BCUT2D eigenvalue weighted by Gasteiger charge is 2.40. The van der Waals surface area contributed by atoms with E-state index < -0.39 is 22.9 Å². The molecule has 1 aromatic heterocycles. The molecule has 0 atom stereocenters. The van der Waals surface area contributed by atoms with Gasteiger partial charge in [0.15, 0.2) is 5.58 Å². The van der Waals surface area contributed by atoms with Crippen LogP contribution >= 0.6 is 23.2 Å². The SMILES string of the molecule is O=c1c(-c2ccc(Cl)cc2Cl)c(C(F)(F)F)oc2c(C[NH+]3CCCC3)c(O)ccc12. The van der Waals surface area contributed by atoms with Crippen LogP contribution in [0.15, 0.2) is 39.5 Å². The van der Waals surface area contributed by atoms with Crippen LogP contribution in [0.4, 0.5) is 13.2 Å². The molecule has 4 rings (SSSR count). The molecule has 1 aliphatic rings. The highest BCUT2D eigenvalue weighted by atomic mass is 35.5. The molecule has 0 aliphatic carbocycles. The third kappa shape index (κ3) is 3.77. The average Bonchev–Trinajstić information content (AvgIpc) is 3.17. The van der Waals surface area contributed by atoms with Crippen molar-refractivity contribution in [1.29, 1.82) is 0 Å². The van der Waals surface area contributed by atoms with Crippen LogP contribution in [0.2, 0.25) is 10.0 Å². The second-order valence-corrected chi connectivity index (χ2v) is 8.17. The molecule has 2 heterocycles. The van der Waals surface area contributed by atoms with Crippen LogP contribution in [-0.2, 0) is 12.7 Å². The number of rotatable bonds is 3. The fraction of sp³-hybridized carbons (Fsp3) is 0.286. The summed E-state index contributed by atoms with van der Waals surface area (Å²) in [5, 5.41) is 10.4. The van der Waals surface area contributed by atoms with Crippen molar-refractivity contribution in [2.24, 2.45) is 0 Å². The van der Waals surface area contributed by atoms with Crippen molar-refractivity contribution in [3.63, 3.8) is 0 Å². The highest BCUT2D eigenvalue weighted by molar-refractivity contribution is 6.36. The lowest BCUT2D eigenvalue weighted by Gasteiger charge is -2.17. The lowest BCUT2D eigenvalue weighted by molar-refractivity contribution is -0.901. The van der Waals surface area contributed by atoms with E-state index in [9.17, 15) is 23.1 Å². The molecule has 2 aromatic carbocycles. The molecule has 0 unspecified atom stereocenters. The Morgan fingerprint density at radius 1 is 1.10 bits per heavy atom. The van der Waals surface area contributed by atoms with Gasteiger partial charge in [-0.05, 0) is 24.3 Å². The zero-order chi connectivity index (χ0) is 21.6. The Bertz CT molecular complexity index is 1180. The first kappa shape index (κ1) is 21.0. The number of nitrogens with one attached hydrogen (secondary N) is 1. The lowest BCUT2D eigenvalue weighted by atomic mass is 10.00. The van der Waals surface area contributed by atoms with E-state index in [1.807, 2.05) is 0 Å². The van der Waals surface area contributed by atoms with Gasteiger partial charge in [0.25, 0.3) is 0 Å². The molecule has 9 heteroatoms. The van der Waals surface area contributed by atoms with E-state index in [4.69, 9.17) is 27.6 Å². The fourth-order valence-electron chi connectivity index (χ4n) is 3.91. The smallest absolute Gasteiger partial charge is 0.450 e. The van der Waals surface area contributed by atoms with Crippen LogP contribution in [0.25, 0.3) is 22.1 Å². The number of phenolic OH excluding ortho intramolecular Hbond substituents is 1. The standard InChI is InChI=1S/C21H16Cl2F3NO3/c22-11-3-4-12(15(23)9-11)17-18(29)13-5-6-16(28)14(10-27-7-1-2-8-27)19(13)30-20(17)21(24,25)26/h3-6,9,28H,1-2,7-8,10H2/p+1. The molecule has 0 spiro atoms. The maximum Gasteiger partial charge on any atom is 0.450 e. The molecule has 30 heavy (non-hydrogen) atoms. The van der Waals surface area contributed by atoms with E-state index in [0.29, 0.717) is 0 Å². The van der Waals surface area contributed by atoms with Crippen LogP contribution < -0.4 is 10.3 Å². The highest BCUT2D eigenvalue weighted by Crippen LogP contribution is 2.41. The summed E-state index contributed by atoms with van der Waals surface area (Å²) in [4.78, 5) is 14.3. The molecule has 0 radical (unpaired) electrons. The molecule has 4 nitrogen and oxygen atoms in total. The summed E-state index contributed by atoms with van der Waals surface area (Å²) in [5.41, 5.74) is -1.72. The molecule has 1 aliphatic heterocycles. The van der Waals surface area contributed by atoms with Crippen LogP contribution in [0.3, 0.4) is 0 Å². The van der Waals surface area contributed by atoms with Crippen molar-refractivity contribution >= 4 is 34.2 Å². The molecular weight excluding hydrogens is 442 g/mol. The van der Waals surface area contributed by atoms with Crippen molar-refractivity contribution in [1.82, 2.24) is 0 Å². The van der Waals surface area contributed by atoms with E-state index in [1.54, 1.807) is 0 Å². The normalized spacial score (nSPS) is 15.2. The number of halogens is 5. The summed E-state index contributed by atoms with van der Waals surface area (Å²) in [6.07, 6.45) is -2.95. The minimum absolute atomic E-state index is 0.0459. The Kier molecular flexibility index (Phi) is 5.46. The Hall–Kier alpha value is -2.22. The predicted molar refractivity (Wildman–Crippen MR) is 108 cm³/mol. The number of benzene rings is 2. The summed E-state index contributed by atoms with van der Waals surface area (Å²) in [6, 6.07) is 6.46. The zero-order valence-corrected chi connectivity index (χ0v) is 17.1. The summed E-state index contributed by atoms with van der Waals surface area (Å²) >= 11 is 12.0. The van der Waals surface area contributed by atoms with E-state index in [1.165, 1.54) is 30.3 Å². The third-order valence-electron chi connectivity index (χ3n) is 5.33. The number of hydrogen-bond acceptors (Lipinski definition) is 3. The van der Waals surface area contributed by atoms with Gasteiger partial charge in [0, 0.05) is 23.4 Å². The summed E-state index contributed by atoms with van der Waals surface area (Å²) in [7, 11) is 0. The molecule has 1 saturated heterocycles. The summed E-state index contributed by atoms with van der Waals surface area (Å²) in [5.74, 6) is -1.65. The molecule has 1 fully saturated rings. The van der Waals surface area contributed by atoms with Crippen LogP contribution in [0.5, 0.6) is 5.75 Å². The number of aromatic hydroxyl groups is 1. The summed E-state index contributed by atoms with van der Waals surface area (Å²) in [6.45, 7) is 1.94. The van der Waals surface area contributed by atoms with E-state index >= 15 is 0 Å². The minimum Gasteiger partial charge on any atom is -0.507 e. The van der Waals surface area contributed by atoms with Gasteiger partial charge in [0.05, 0.1) is 34.6 Å². The number of alkyl halides is 3. The Morgan fingerprint density at radius 3 is 2.43 bits per heavy atom. The van der Waals surface area contributed by atoms with Crippen molar-refractivity contribution in [2.75, 3.05) is 13.1 Å². The van der Waals surface area contributed by atoms with Crippen molar-refractivity contribution in [3.8, 4) is 16.9 Å². The van der Waals surface area contributed by atoms with Gasteiger partial charge >= 0.3 is 6.18 Å². The molecule has 0 amide bonds. The second kappa shape index (κ2) is 7.80. The van der Waals surface area contributed by atoms with E-state index in [0.717, 1.165) is 30.8 Å². The predicted octanol–water partition coefficient (Wildman–Crippen LogP) is 4.67. The first-order valence-corrected chi connectivity index (χ1v) is 10.1.